The van der Waals surface area contributed by atoms with Crippen LogP contribution in [0.4, 0.5) is 0 Å². The molecule has 0 saturated heterocycles. The van der Waals surface area contributed by atoms with E-state index in [0.29, 0.717) is 0 Å². The van der Waals surface area contributed by atoms with Crippen molar-refractivity contribution in [3.8, 4) is 0 Å². The third-order valence-electron chi connectivity index (χ3n) is 4.20. The van der Waals surface area contributed by atoms with Crippen LogP contribution in [0.15, 0.2) is 24.3 Å². The molecule has 1 radical (unpaired) electrons. The van der Waals surface area contributed by atoms with Crippen LogP contribution in [0, 0.1) is 0 Å². The summed E-state index contributed by atoms with van der Waals surface area (Å²) in [6.07, 6.45) is 12.2. The number of hydrogen-bond donors (Lipinski definition) is 0. The standard InChI is InChI=1S/C19H28N/c1-3-4-5-6-7-8-9-10-15-19-18-14-12-11-13-17(18)16(2)20-19/h11-14H,3-10,15H2,1-2H3. The first kappa shape index (κ1) is 15.2. The highest BCUT2D eigenvalue weighted by Gasteiger charge is 2.10. The van der Waals surface area contributed by atoms with Crippen LogP contribution in [0.25, 0.3) is 11.4 Å². The Bertz CT molecular complexity index is 527. The molecule has 109 valence electrons. The van der Waals surface area contributed by atoms with Gasteiger partial charge in [0.15, 0.2) is 0 Å². The largest absolute Gasteiger partial charge is 0.257 e. The zero-order valence-corrected chi connectivity index (χ0v) is 13.1. The lowest BCUT2D eigenvalue weighted by Gasteiger charge is -2.04. The molecule has 1 aromatic carbocycles. The summed E-state index contributed by atoms with van der Waals surface area (Å²) in [4.78, 5) is 0. The monoisotopic (exact) mass is 270 g/mol. The van der Waals surface area contributed by atoms with Gasteiger partial charge in [0, 0.05) is 21.8 Å². The van der Waals surface area contributed by atoms with Crippen molar-refractivity contribution in [2.24, 2.45) is 0 Å². The molecule has 1 nitrogen and oxygen atoms in total. The van der Waals surface area contributed by atoms with E-state index in [9.17, 15) is 0 Å². The molecule has 0 aliphatic carbocycles. The highest BCUT2D eigenvalue weighted by molar-refractivity contribution is 5.62. The van der Waals surface area contributed by atoms with E-state index >= 15 is 0 Å². The van der Waals surface area contributed by atoms with Crippen LogP contribution < -0.4 is 15.8 Å². The normalized spacial score (nSPS) is 13.5. The number of nitrogens with zero attached hydrogens (tertiary/aromatic N) is 1. The van der Waals surface area contributed by atoms with Gasteiger partial charge in [-0.2, -0.15) is 0 Å². The summed E-state index contributed by atoms with van der Waals surface area (Å²) in [5.41, 5.74) is 2.50. The lowest BCUT2D eigenvalue weighted by molar-refractivity contribution is 0.577. The molecule has 1 aliphatic rings. The SMILES string of the molecule is CCCCCCCCCCC1=c2ccccc2=C(C)[N]1. The zero-order valence-electron chi connectivity index (χ0n) is 13.1. The van der Waals surface area contributed by atoms with Gasteiger partial charge in [0.05, 0.1) is 0 Å². The molecule has 0 bridgehead atoms. The Labute approximate surface area is 123 Å². The van der Waals surface area contributed by atoms with Crippen molar-refractivity contribution in [2.75, 3.05) is 0 Å². The minimum Gasteiger partial charge on any atom is -0.257 e. The Kier molecular flexibility index (Phi) is 6.17. The molecule has 1 heteroatoms. The Morgan fingerprint density at radius 1 is 0.800 bits per heavy atom. The number of unbranched alkanes of at least 4 members (excludes halogenated alkanes) is 7. The summed E-state index contributed by atoms with van der Waals surface area (Å²) in [5, 5.41) is 7.45. The zero-order chi connectivity index (χ0) is 14.2. The minimum atomic E-state index is 1.14. The van der Waals surface area contributed by atoms with E-state index in [2.05, 4.69) is 38.1 Å². The van der Waals surface area contributed by atoms with Gasteiger partial charge in [-0.3, -0.25) is 5.32 Å². The number of benzene rings is 1. The molecule has 0 fully saturated rings. The first-order valence-electron chi connectivity index (χ1n) is 8.34. The van der Waals surface area contributed by atoms with E-state index in [4.69, 9.17) is 5.32 Å². The van der Waals surface area contributed by atoms with Gasteiger partial charge in [0.25, 0.3) is 0 Å². The third-order valence-corrected chi connectivity index (χ3v) is 4.20. The van der Waals surface area contributed by atoms with Crippen molar-refractivity contribution in [1.29, 1.82) is 0 Å². The molecule has 0 unspecified atom stereocenters. The summed E-state index contributed by atoms with van der Waals surface area (Å²) < 4.78 is 0. The van der Waals surface area contributed by atoms with Crippen molar-refractivity contribution in [3.05, 3.63) is 34.7 Å². The van der Waals surface area contributed by atoms with E-state index < -0.39 is 0 Å². The first-order valence-corrected chi connectivity index (χ1v) is 8.34. The lowest BCUT2D eigenvalue weighted by Crippen LogP contribution is -2.22. The Morgan fingerprint density at radius 2 is 1.40 bits per heavy atom. The fourth-order valence-corrected chi connectivity index (χ4v) is 2.99. The van der Waals surface area contributed by atoms with Gasteiger partial charge in [-0.05, 0) is 19.8 Å². The topological polar surface area (TPSA) is 14.1 Å². The second-order valence-corrected chi connectivity index (χ2v) is 5.91. The fourth-order valence-electron chi connectivity index (χ4n) is 2.99. The second-order valence-electron chi connectivity index (χ2n) is 5.91. The molecular formula is C19H28N. The van der Waals surface area contributed by atoms with Gasteiger partial charge < -0.3 is 0 Å². The number of hydrogen-bond acceptors (Lipinski definition) is 0. The van der Waals surface area contributed by atoms with Crippen LogP contribution in [0.3, 0.4) is 0 Å². The van der Waals surface area contributed by atoms with Gasteiger partial charge in [-0.15, -0.1) is 0 Å². The van der Waals surface area contributed by atoms with Gasteiger partial charge in [-0.25, -0.2) is 0 Å². The maximum absolute atomic E-state index is 4.75. The van der Waals surface area contributed by atoms with Crippen molar-refractivity contribution in [1.82, 2.24) is 5.32 Å². The summed E-state index contributed by atoms with van der Waals surface area (Å²) in [6.45, 7) is 4.40. The first-order chi connectivity index (χ1) is 9.83. The Balaban J connectivity index is 1.71. The number of fused-ring (bicyclic) bond motifs is 1. The lowest BCUT2D eigenvalue weighted by atomic mass is 10.1. The summed E-state index contributed by atoms with van der Waals surface area (Å²) in [6, 6.07) is 8.64. The highest BCUT2D eigenvalue weighted by Crippen LogP contribution is 2.14. The molecule has 0 saturated carbocycles. The maximum Gasteiger partial charge on any atom is 0.0485 e. The minimum absolute atomic E-state index is 1.14. The summed E-state index contributed by atoms with van der Waals surface area (Å²) in [5.74, 6) is 0. The molecule has 0 spiro atoms. The smallest absolute Gasteiger partial charge is 0.0485 e. The molecule has 20 heavy (non-hydrogen) atoms. The van der Waals surface area contributed by atoms with E-state index in [1.165, 1.54) is 73.2 Å². The molecule has 1 heterocycles. The van der Waals surface area contributed by atoms with Crippen LogP contribution in [0.1, 0.15) is 71.6 Å². The van der Waals surface area contributed by atoms with Crippen LogP contribution in [-0.4, -0.2) is 0 Å². The third kappa shape index (κ3) is 4.13. The average molecular weight is 270 g/mol. The maximum atomic E-state index is 4.75. The van der Waals surface area contributed by atoms with Crippen molar-refractivity contribution < 1.29 is 0 Å². The van der Waals surface area contributed by atoms with Gasteiger partial charge >= 0.3 is 0 Å². The summed E-state index contributed by atoms with van der Waals surface area (Å²) in [7, 11) is 0. The Hall–Kier alpha value is -1.24. The summed E-state index contributed by atoms with van der Waals surface area (Å²) >= 11 is 0. The van der Waals surface area contributed by atoms with E-state index in [1.54, 1.807) is 0 Å². The predicted octanol–water partition coefficient (Wildman–Crippen LogP) is 4.07. The number of rotatable bonds is 9. The van der Waals surface area contributed by atoms with Crippen LogP contribution in [-0.2, 0) is 0 Å². The van der Waals surface area contributed by atoms with Crippen molar-refractivity contribution in [3.63, 3.8) is 0 Å². The molecule has 1 aliphatic heterocycles. The van der Waals surface area contributed by atoms with Crippen LogP contribution in [0.5, 0.6) is 0 Å². The van der Waals surface area contributed by atoms with Gasteiger partial charge in [0.2, 0.25) is 0 Å². The molecule has 0 N–H and O–H groups in total. The van der Waals surface area contributed by atoms with Gasteiger partial charge in [-0.1, -0.05) is 76.1 Å². The average Bonchev–Trinajstić information content (AvgIpc) is 2.79. The fraction of sp³-hybridized carbons (Fsp3) is 0.579. The second kappa shape index (κ2) is 8.14. The van der Waals surface area contributed by atoms with E-state index in [0.717, 1.165) is 6.42 Å². The van der Waals surface area contributed by atoms with E-state index in [-0.39, 0.29) is 0 Å². The van der Waals surface area contributed by atoms with Crippen molar-refractivity contribution in [2.45, 2.75) is 71.6 Å². The molecule has 0 aromatic heterocycles. The van der Waals surface area contributed by atoms with E-state index in [1.807, 2.05) is 0 Å². The molecular weight excluding hydrogens is 242 g/mol. The highest BCUT2D eigenvalue weighted by atomic mass is 14.9. The molecule has 0 atom stereocenters. The van der Waals surface area contributed by atoms with Crippen LogP contribution >= 0.6 is 0 Å². The predicted molar refractivity (Wildman–Crippen MR) is 87.5 cm³/mol. The molecule has 1 aromatic rings. The van der Waals surface area contributed by atoms with Crippen molar-refractivity contribution >= 4 is 11.4 Å². The Morgan fingerprint density at radius 3 is 2.10 bits per heavy atom. The van der Waals surface area contributed by atoms with Crippen LogP contribution in [0.2, 0.25) is 0 Å². The quantitative estimate of drug-likeness (QED) is 0.601. The van der Waals surface area contributed by atoms with Gasteiger partial charge in [0.1, 0.15) is 0 Å². The molecule has 2 rings (SSSR count). The molecule has 0 amide bonds.